The lowest BCUT2D eigenvalue weighted by Gasteiger charge is -2.12. The number of nitro groups is 1. The van der Waals surface area contributed by atoms with E-state index in [0.717, 1.165) is 10.4 Å². The van der Waals surface area contributed by atoms with E-state index in [1.54, 1.807) is 0 Å². The molecular formula is C16H17N3O6S. The Balaban J connectivity index is 2.23. The molecule has 2 aromatic rings. The first-order chi connectivity index (χ1) is 12.2. The van der Waals surface area contributed by atoms with Gasteiger partial charge in [-0.1, -0.05) is 0 Å². The van der Waals surface area contributed by atoms with Crippen molar-refractivity contribution in [2.24, 2.45) is 0 Å². The first kappa shape index (κ1) is 19.3. The largest absolute Gasteiger partial charge is 0.490 e. The Morgan fingerprint density at radius 2 is 1.77 bits per heavy atom. The number of ether oxygens (including phenoxy) is 1. The van der Waals surface area contributed by atoms with Crippen molar-refractivity contribution in [1.29, 1.82) is 0 Å². The maximum absolute atomic E-state index is 12.3. The summed E-state index contributed by atoms with van der Waals surface area (Å²) >= 11 is 0. The molecular weight excluding hydrogens is 362 g/mol. The highest BCUT2D eigenvalue weighted by Gasteiger charge is 2.19. The number of carbonyl (C=O) groups excluding carboxylic acids is 1. The minimum absolute atomic E-state index is 0.0461. The van der Waals surface area contributed by atoms with Crippen LogP contribution < -0.4 is 10.1 Å². The summed E-state index contributed by atoms with van der Waals surface area (Å²) in [6, 6.07) is 9.44. The number of hydrogen-bond acceptors (Lipinski definition) is 6. The van der Waals surface area contributed by atoms with Gasteiger partial charge in [0.05, 0.1) is 16.9 Å². The number of hydrogen-bond donors (Lipinski definition) is 1. The van der Waals surface area contributed by atoms with Crippen LogP contribution in [0.25, 0.3) is 0 Å². The average molecular weight is 379 g/mol. The van der Waals surface area contributed by atoms with E-state index in [1.807, 2.05) is 0 Å². The van der Waals surface area contributed by atoms with E-state index >= 15 is 0 Å². The molecule has 138 valence electrons. The first-order valence-electron chi connectivity index (χ1n) is 7.33. The lowest BCUT2D eigenvalue weighted by atomic mass is 10.1. The Hall–Kier alpha value is -2.98. The van der Waals surface area contributed by atoms with Crippen LogP contribution in [0.2, 0.25) is 0 Å². The second-order valence-corrected chi connectivity index (χ2v) is 7.56. The van der Waals surface area contributed by atoms with Crippen LogP contribution in [-0.4, -0.2) is 44.8 Å². The molecule has 1 amide bonds. The number of sulfonamides is 1. The smallest absolute Gasteiger partial charge is 0.311 e. The van der Waals surface area contributed by atoms with Gasteiger partial charge in [-0.2, -0.15) is 0 Å². The fourth-order valence-corrected chi connectivity index (χ4v) is 3.00. The molecule has 0 aliphatic rings. The monoisotopic (exact) mass is 379 g/mol. The maximum atomic E-state index is 12.3. The van der Waals surface area contributed by atoms with E-state index in [2.05, 4.69) is 5.32 Å². The number of carbonyl (C=O) groups is 1. The first-order valence-corrected chi connectivity index (χ1v) is 8.77. The van der Waals surface area contributed by atoms with Gasteiger partial charge < -0.3 is 10.1 Å². The number of nitrogens with one attached hydrogen (secondary N) is 1. The Bertz CT molecular complexity index is 939. The van der Waals surface area contributed by atoms with Crippen molar-refractivity contribution in [2.75, 3.05) is 26.5 Å². The number of rotatable bonds is 6. The summed E-state index contributed by atoms with van der Waals surface area (Å²) in [5.41, 5.74) is 0.0984. The molecule has 10 heteroatoms. The lowest BCUT2D eigenvalue weighted by molar-refractivity contribution is -0.385. The summed E-state index contributed by atoms with van der Waals surface area (Å²) in [6.45, 7) is 0. The van der Waals surface area contributed by atoms with Crippen LogP contribution in [0.4, 0.5) is 11.4 Å². The zero-order chi connectivity index (χ0) is 19.5. The molecule has 0 atom stereocenters. The molecule has 0 heterocycles. The van der Waals surface area contributed by atoms with Crippen molar-refractivity contribution in [2.45, 2.75) is 4.90 Å². The number of nitrogens with zero attached hydrogens (tertiary/aromatic N) is 2. The van der Waals surface area contributed by atoms with E-state index in [4.69, 9.17) is 4.74 Å². The van der Waals surface area contributed by atoms with Crippen LogP contribution in [0.1, 0.15) is 10.4 Å². The predicted octanol–water partition coefficient (Wildman–Crippen LogP) is 2.11. The molecule has 9 nitrogen and oxygen atoms in total. The normalized spacial score (nSPS) is 11.2. The minimum Gasteiger partial charge on any atom is -0.490 e. The standard InChI is InChI=1S/C16H17N3O6S/c1-18(2)26(23,24)13-7-5-12(6-8-13)17-16(20)11-4-9-15(25-3)14(10-11)19(21)22/h4-10H,1-3H3,(H,17,20). The second-order valence-electron chi connectivity index (χ2n) is 5.41. The molecule has 0 aliphatic carbocycles. The van der Waals surface area contributed by atoms with Gasteiger partial charge in [0.25, 0.3) is 5.91 Å². The maximum Gasteiger partial charge on any atom is 0.311 e. The quantitative estimate of drug-likeness (QED) is 0.606. The van der Waals surface area contributed by atoms with Crippen molar-refractivity contribution in [1.82, 2.24) is 4.31 Å². The van der Waals surface area contributed by atoms with Crippen LogP contribution in [0.5, 0.6) is 5.75 Å². The van der Waals surface area contributed by atoms with Crippen LogP contribution >= 0.6 is 0 Å². The Morgan fingerprint density at radius 3 is 2.27 bits per heavy atom. The van der Waals surface area contributed by atoms with Gasteiger partial charge in [0.2, 0.25) is 10.0 Å². The van der Waals surface area contributed by atoms with Gasteiger partial charge in [-0.15, -0.1) is 0 Å². The van der Waals surface area contributed by atoms with Crippen molar-refractivity contribution < 1.29 is 22.9 Å². The molecule has 0 aromatic heterocycles. The molecule has 0 spiro atoms. The number of nitro benzene ring substituents is 1. The van der Waals surface area contributed by atoms with Crippen LogP contribution in [0.3, 0.4) is 0 Å². The Morgan fingerprint density at radius 1 is 1.15 bits per heavy atom. The third-order valence-corrected chi connectivity index (χ3v) is 5.36. The van der Waals surface area contributed by atoms with Gasteiger partial charge in [0, 0.05) is 31.4 Å². The fraction of sp³-hybridized carbons (Fsp3) is 0.188. The second kappa shape index (κ2) is 7.50. The van der Waals surface area contributed by atoms with Crippen molar-refractivity contribution in [3.63, 3.8) is 0 Å². The molecule has 2 aromatic carbocycles. The topological polar surface area (TPSA) is 119 Å². The summed E-state index contributed by atoms with van der Waals surface area (Å²) < 4.78 is 30.0. The van der Waals surface area contributed by atoms with E-state index in [9.17, 15) is 23.3 Å². The number of anilines is 1. The molecule has 26 heavy (non-hydrogen) atoms. The highest BCUT2D eigenvalue weighted by atomic mass is 32.2. The van der Waals surface area contributed by atoms with E-state index in [0.29, 0.717) is 5.69 Å². The molecule has 0 unspecified atom stereocenters. The molecule has 2 rings (SSSR count). The summed E-state index contributed by atoms with van der Waals surface area (Å²) in [5.74, 6) is -0.524. The molecule has 0 aliphatic heterocycles. The van der Waals surface area contributed by atoms with Gasteiger partial charge in [-0.05, 0) is 36.4 Å². The molecule has 0 bridgehead atoms. The predicted molar refractivity (Wildman–Crippen MR) is 94.9 cm³/mol. The van der Waals surface area contributed by atoms with Crippen molar-refractivity contribution in [3.8, 4) is 5.75 Å². The summed E-state index contributed by atoms with van der Waals surface area (Å²) in [4.78, 5) is 22.8. The highest BCUT2D eigenvalue weighted by molar-refractivity contribution is 7.89. The summed E-state index contributed by atoms with van der Waals surface area (Å²) in [6.07, 6.45) is 0. The van der Waals surface area contributed by atoms with Crippen LogP contribution in [-0.2, 0) is 10.0 Å². The summed E-state index contributed by atoms with van der Waals surface area (Å²) in [7, 11) is 0.568. The highest BCUT2D eigenvalue weighted by Crippen LogP contribution is 2.28. The van der Waals surface area contributed by atoms with Gasteiger partial charge in [0.1, 0.15) is 0 Å². The van der Waals surface area contributed by atoms with Crippen LogP contribution in [0, 0.1) is 10.1 Å². The number of amides is 1. The van der Waals surface area contributed by atoms with E-state index in [-0.39, 0.29) is 21.9 Å². The molecule has 1 N–H and O–H groups in total. The Labute approximate surface area is 150 Å². The molecule has 0 saturated heterocycles. The minimum atomic E-state index is -3.57. The lowest BCUT2D eigenvalue weighted by Crippen LogP contribution is -2.22. The van der Waals surface area contributed by atoms with Crippen molar-refractivity contribution in [3.05, 3.63) is 58.1 Å². The average Bonchev–Trinajstić information content (AvgIpc) is 2.61. The van der Waals surface area contributed by atoms with E-state index < -0.39 is 20.9 Å². The Kier molecular flexibility index (Phi) is 5.58. The van der Waals surface area contributed by atoms with E-state index in [1.165, 1.54) is 57.6 Å². The van der Waals surface area contributed by atoms with Crippen LogP contribution in [0.15, 0.2) is 47.4 Å². The van der Waals surface area contributed by atoms with Gasteiger partial charge >= 0.3 is 5.69 Å². The fourth-order valence-electron chi connectivity index (χ4n) is 2.10. The molecule has 0 fully saturated rings. The van der Waals surface area contributed by atoms with Gasteiger partial charge in [-0.25, -0.2) is 12.7 Å². The third-order valence-electron chi connectivity index (χ3n) is 3.53. The number of methoxy groups -OCH3 is 1. The zero-order valence-electron chi connectivity index (χ0n) is 14.3. The molecule has 0 saturated carbocycles. The van der Waals surface area contributed by atoms with Gasteiger partial charge in [0.15, 0.2) is 5.75 Å². The zero-order valence-corrected chi connectivity index (χ0v) is 15.1. The molecule has 0 radical (unpaired) electrons. The van der Waals surface area contributed by atoms with Gasteiger partial charge in [-0.3, -0.25) is 14.9 Å². The number of benzene rings is 2. The third kappa shape index (κ3) is 3.98. The SMILES string of the molecule is COc1ccc(C(=O)Nc2ccc(S(=O)(=O)N(C)C)cc2)cc1[N+](=O)[O-]. The van der Waals surface area contributed by atoms with Crippen molar-refractivity contribution >= 4 is 27.3 Å². The summed E-state index contributed by atoms with van der Waals surface area (Å²) in [5, 5.41) is 13.6.